The molecule has 0 spiro atoms. The summed E-state index contributed by atoms with van der Waals surface area (Å²) in [5.41, 5.74) is 7.06. The highest BCUT2D eigenvalue weighted by Gasteiger charge is 2.11. The first kappa shape index (κ1) is 10.7. The number of rotatable bonds is 3. The van der Waals surface area contributed by atoms with Gasteiger partial charge in [-0.05, 0) is 35.0 Å². The normalized spacial score (nSPS) is 10.7. The van der Waals surface area contributed by atoms with Crippen molar-refractivity contribution in [2.24, 2.45) is 5.73 Å². The summed E-state index contributed by atoms with van der Waals surface area (Å²) in [5.74, 6) is 0.241. The molecular weight excluding hydrogens is 209 g/mol. The molecule has 0 aliphatic rings. The molecular formula is C10H12FN5. The van der Waals surface area contributed by atoms with Gasteiger partial charge in [0, 0.05) is 12.1 Å². The van der Waals surface area contributed by atoms with Crippen molar-refractivity contribution >= 4 is 0 Å². The van der Waals surface area contributed by atoms with Crippen LogP contribution in [0.5, 0.6) is 0 Å². The Morgan fingerprint density at radius 1 is 1.44 bits per heavy atom. The van der Waals surface area contributed by atoms with Crippen LogP contribution in [0.15, 0.2) is 18.2 Å². The maximum absolute atomic E-state index is 13.2. The van der Waals surface area contributed by atoms with E-state index >= 15 is 0 Å². The molecule has 5 nitrogen and oxygen atoms in total. The molecule has 0 amide bonds. The lowest BCUT2D eigenvalue weighted by atomic mass is 10.1. The predicted octanol–water partition coefficient (Wildman–Crippen LogP) is 0.746. The van der Waals surface area contributed by atoms with Crippen molar-refractivity contribution in [1.29, 1.82) is 0 Å². The molecule has 0 fully saturated rings. The second kappa shape index (κ2) is 4.36. The first-order valence-corrected chi connectivity index (χ1v) is 4.95. The first-order valence-electron chi connectivity index (χ1n) is 4.95. The third-order valence-corrected chi connectivity index (χ3v) is 2.31. The summed E-state index contributed by atoms with van der Waals surface area (Å²) < 4.78 is 14.7. The van der Waals surface area contributed by atoms with E-state index in [4.69, 9.17) is 5.73 Å². The molecule has 2 aromatic rings. The number of benzene rings is 1. The molecule has 6 heteroatoms. The van der Waals surface area contributed by atoms with Gasteiger partial charge in [0.05, 0.1) is 6.54 Å². The van der Waals surface area contributed by atoms with E-state index in [0.717, 1.165) is 5.56 Å². The molecule has 0 bridgehead atoms. The number of halogens is 1. The Morgan fingerprint density at radius 3 is 3.00 bits per heavy atom. The van der Waals surface area contributed by atoms with Gasteiger partial charge in [0.1, 0.15) is 5.82 Å². The van der Waals surface area contributed by atoms with Crippen molar-refractivity contribution in [2.75, 3.05) is 6.54 Å². The smallest absolute Gasteiger partial charge is 0.182 e. The van der Waals surface area contributed by atoms with Crippen LogP contribution < -0.4 is 5.73 Å². The summed E-state index contributed by atoms with van der Waals surface area (Å²) in [6, 6.07) is 4.54. The highest BCUT2D eigenvalue weighted by Crippen LogP contribution is 2.21. The lowest BCUT2D eigenvalue weighted by Gasteiger charge is -2.05. The van der Waals surface area contributed by atoms with Gasteiger partial charge in [-0.2, -0.15) is 0 Å². The molecule has 0 saturated heterocycles. The van der Waals surface area contributed by atoms with Gasteiger partial charge < -0.3 is 5.73 Å². The van der Waals surface area contributed by atoms with E-state index in [1.54, 1.807) is 10.7 Å². The highest BCUT2D eigenvalue weighted by molar-refractivity contribution is 5.59. The summed E-state index contributed by atoms with van der Waals surface area (Å²) in [7, 11) is 0. The van der Waals surface area contributed by atoms with Crippen molar-refractivity contribution in [3.63, 3.8) is 0 Å². The van der Waals surface area contributed by atoms with Crippen molar-refractivity contribution < 1.29 is 4.39 Å². The van der Waals surface area contributed by atoms with Gasteiger partial charge in [-0.3, -0.25) is 0 Å². The van der Waals surface area contributed by atoms with Gasteiger partial charge >= 0.3 is 0 Å². The van der Waals surface area contributed by atoms with Crippen LogP contribution in [-0.2, 0) is 6.54 Å². The molecule has 16 heavy (non-hydrogen) atoms. The van der Waals surface area contributed by atoms with Crippen molar-refractivity contribution in [1.82, 2.24) is 20.2 Å². The van der Waals surface area contributed by atoms with Gasteiger partial charge in [0.2, 0.25) is 0 Å². The van der Waals surface area contributed by atoms with Gasteiger partial charge in [-0.1, -0.05) is 6.07 Å². The van der Waals surface area contributed by atoms with E-state index < -0.39 is 0 Å². The van der Waals surface area contributed by atoms with Gasteiger partial charge in [0.25, 0.3) is 0 Å². The minimum absolute atomic E-state index is 0.303. The van der Waals surface area contributed by atoms with Crippen molar-refractivity contribution in [3.05, 3.63) is 29.6 Å². The van der Waals surface area contributed by atoms with Crippen molar-refractivity contribution in [3.8, 4) is 11.4 Å². The zero-order valence-electron chi connectivity index (χ0n) is 8.89. The molecule has 0 unspecified atom stereocenters. The third kappa shape index (κ3) is 1.92. The fraction of sp³-hybridized carbons (Fsp3) is 0.300. The second-order valence-corrected chi connectivity index (χ2v) is 3.47. The van der Waals surface area contributed by atoms with Gasteiger partial charge in [-0.25, -0.2) is 9.07 Å². The Labute approximate surface area is 92.1 Å². The standard InChI is InChI=1S/C10H12FN5/c1-7-2-3-8(11)6-9(7)10-13-14-15-16(10)5-4-12/h2-3,6H,4-5,12H2,1H3. The largest absolute Gasteiger partial charge is 0.329 e. The number of nitrogens with two attached hydrogens (primary N) is 1. The predicted molar refractivity (Wildman–Crippen MR) is 57.0 cm³/mol. The van der Waals surface area contributed by atoms with E-state index in [1.165, 1.54) is 12.1 Å². The summed E-state index contributed by atoms with van der Waals surface area (Å²) in [5, 5.41) is 11.3. The molecule has 0 aliphatic carbocycles. The van der Waals surface area contributed by atoms with E-state index in [-0.39, 0.29) is 5.82 Å². The fourth-order valence-electron chi connectivity index (χ4n) is 1.51. The average molecular weight is 221 g/mol. The average Bonchev–Trinajstić information content (AvgIpc) is 2.70. The number of tetrazole rings is 1. The molecule has 1 aromatic carbocycles. The molecule has 1 aromatic heterocycles. The van der Waals surface area contributed by atoms with E-state index in [9.17, 15) is 4.39 Å². The summed E-state index contributed by atoms with van der Waals surface area (Å²) >= 11 is 0. The molecule has 1 heterocycles. The monoisotopic (exact) mass is 221 g/mol. The van der Waals surface area contributed by atoms with Crippen LogP contribution in [0.4, 0.5) is 4.39 Å². The van der Waals surface area contributed by atoms with Crippen LogP contribution in [0.1, 0.15) is 5.56 Å². The minimum atomic E-state index is -0.303. The maximum Gasteiger partial charge on any atom is 0.182 e. The van der Waals surface area contributed by atoms with Crippen LogP contribution in [0, 0.1) is 12.7 Å². The van der Waals surface area contributed by atoms with Crippen LogP contribution in [0.25, 0.3) is 11.4 Å². The highest BCUT2D eigenvalue weighted by atomic mass is 19.1. The number of nitrogens with zero attached hydrogens (tertiary/aromatic N) is 4. The molecule has 0 aliphatic heterocycles. The van der Waals surface area contributed by atoms with Crippen LogP contribution in [-0.4, -0.2) is 26.8 Å². The van der Waals surface area contributed by atoms with E-state index in [2.05, 4.69) is 15.5 Å². The van der Waals surface area contributed by atoms with E-state index in [0.29, 0.717) is 24.5 Å². The number of aromatic nitrogens is 4. The third-order valence-electron chi connectivity index (χ3n) is 2.31. The Hall–Kier alpha value is -1.82. The zero-order valence-corrected chi connectivity index (χ0v) is 8.89. The molecule has 2 N–H and O–H groups in total. The Kier molecular flexibility index (Phi) is 2.91. The van der Waals surface area contributed by atoms with Crippen LogP contribution in [0.3, 0.4) is 0 Å². The topological polar surface area (TPSA) is 69.6 Å². The van der Waals surface area contributed by atoms with Crippen molar-refractivity contribution in [2.45, 2.75) is 13.5 Å². The quantitative estimate of drug-likeness (QED) is 0.830. The second-order valence-electron chi connectivity index (χ2n) is 3.47. The maximum atomic E-state index is 13.2. The SMILES string of the molecule is Cc1ccc(F)cc1-c1nnnn1CCN. The first-order chi connectivity index (χ1) is 7.72. The van der Waals surface area contributed by atoms with Crippen LogP contribution in [0.2, 0.25) is 0 Å². The van der Waals surface area contributed by atoms with Gasteiger partial charge in [0.15, 0.2) is 5.82 Å². The lowest BCUT2D eigenvalue weighted by Crippen LogP contribution is -2.12. The molecule has 84 valence electrons. The summed E-state index contributed by atoms with van der Waals surface area (Å²) in [4.78, 5) is 0. The molecule has 2 rings (SSSR count). The molecule has 0 radical (unpaired) electrons. The molecule has 0 atom stereocenters. The Morgan fingerprint density at radius 2 is 2.25 bits per heavy atom. The number of hydrogen-bond donors (Lipinski definition) is 1. The van der Waals surface area contributed by atoms with Crippen LogP contribution >= 0.6 is 0 Å². The Balaban J connectivity index is 2.49. The summed E-state index contributed by atoms with van der Waals surface area (Å²) in [6.07, 6.45) is 0. The molecule has 0 saturated carbocycles. The fourth-order valence-corrected chi connectivity index (χ4v) is 1.51. The Bertz CT molecular complexity index is 494. The number of aryl methyl sites for hydroxylation is 1. The minimum Gasteiger partial charge on any atom is -0.329 e. The summed E-state index contributed by atoms with van der Waals surface area (Å²) in [6.45, 7) is 2.83. The number of hydrogen-bond acceptors (Lipinski definition) is 4. The zero-order chi connectivity index (χ0) is 11.5. The van der Waals surface area contributed by atoms with E-state index in [1.807, 2.05) is 6.92 Å². The lowest BCUT2D eigenvalue weighted by molar-refractivity contribution is 0.601. The van der Waals surface area contributed by atoms with Gasteiger partial charge in [-0.15, -0.1) is 5.10 Å².